The zero-order chi connectivity index (χ0) is 27.9. The van der Waals surface area contributed by atoms with Crippen LogP contribution in [0.1, 0.15) is 133 Å². The number of allylic oxidation sites excluding steroid dienone is 1. The van der Waals surface area contributed by atoms with Crippen LogP contribution in [-0.2, 0) is 19.1 Å². The molecule has 0 amide bonds. The van der Waals surface area contributed by atoms with Crippen molar-refractivity contribution in [2.45, 2.75) is 139 Å². The lowest BCUT2D eigenvalue weighted by Crippen LogP contribution is -2.64. The van der Waals surface area contributed by atoms with Gasteiger partial charge in [-0.05, 0) is 104 Å². The molecule has 4 nitrogen and oxygen atoms in total. The van der Waals surface area contributed by atoms with Crippen LogP contribution in [0.2, 0.25) is 0 Å². The number of hydrogen-bond acceptors (Lipinski definition) is 4. The lowest BCUT2D eigenvalue weighted by molar-refractivity contribution is -0.213. The highest BCUT2D eigenvalue weighted by molar-refractivity contribution is 5.66. The van der Waals surface area contributed by atoms with E-state index in [2.05, 4.69) is 48.5 Å². The second-order valence-electron chi connectivity index (χ2n) is 16.3. The fourth-order valence-corrected chi connectivity index (χ4v) is 11.2. The van der Waals surface area contributed by atoms with E-state index in [0.29, 0.717) is 23.9 Å². The number of rotatable bonds is 3. The molecule has 4 fully saturated rings. The van der Waals surface area contributed by atoms with Crippen LogP contribution in [-0.4, -0.2) is 24.6 Å². The van der Waals surface area contributed by atoms with Crippen molar-refractivity contribution in [3.05, 3.63) is 11.1 Å². The molecule has 0 aromatic heterocycles. The molecule has 4 heteroatoms. The number of fused-ring (bicyclic) bond motifs is 6. The lowest BCUT2D eigenvalue weighted by atomic mass is 9.34. The van der Waals surface area contributed by atoms with E-state index in [1.807, 2.05) is 0 Å². The largest absolute Gasteiger partial charge is 0.465 e. The molecule has 0 bridgehead atoms. The molecule has 38 heavy (non-hydrogen) atoms. The highest BCUT2D eigenvalue weighted by Crippen LogP contribution is 2.75. The predicted molar refractivity (Wildman–Crippen MR) is 151 cm³/mol. The minimum Gasteiger partial charge on any atom is -0.465 e. The summed E-state index contributed by atoms with van der Waals surface area (Å²) in [4.78, 5) is 23.8. The number of esters is 2. The zero-order valence-electron chi connectivity index (χ0n) is 25.9. The number of hydrogen-bond donors (Lipinski definition) is 0. The molecule has 0 N–H and O–H groups in total. The van der Waals surface area contributed by atoms with E-state index in [1.54, 1.807) is 25.0 Å². The second-order valence-corrected chi connectivity index (χ2v) is 16.3. The fraction of sp³-hybridized carbons (Fsp3) is 0.882. The van der Waals surface area contributed by atoms with Gasteiger partial charge in [0.2, 0.25) is 0 Å². The number of carbonyl (C=O) groups is 2. The quantitative estimate of drug-likeness (QED) is 0.273. The van der Waals surface area contributed by atoms with E-state index in [0.717, 1.165) is 32.1 Å². The molecule has 0 heterocycles. The van der Waals surface area contributed by atoms with Gasteiger partial charge in [-0.15, -0.1) is 0 Å². The third-order valence-corrected chi connectivity index (χ3v) is 13.5. The van der Waals surface area contributed by atoms with Crippen molar-refractivity contribution in [2.24, 2.45) is 44.3 Å². The summed E-state index contributed by atoms with van der Waals surface area (Å²) in [7, 11) is 0. The standard InChI is InChI=1S/C34H54O4/c1-22(35)37-21-34-18-16-29(3,4)20-25(34)24-10-11-27-31(7)14-13-28(38-23(2)36)30(5,6)26(31)12-15-33(27,9)32(24,8)17-19-34/h26-28H,10-21H2,1-9H3/t26-,27+,28-,31-,32+,33+,34+/m0/s1. The van der Waals surface area contributed by atoms with Gasteiger partial charge in [0, 0.05) is 24.7 Å². The molecule has 0 aliphatic heterocycles. The fourth-order valence-electron chi connectivity index (χ4n) is 11.2. The average molecular weight is 527 g/mol. The van der Waals surface area contributed by atoms with E-state index < -0.39 is 0 Å². The molecule has 0 aromatic rings. The Labute approximate surface area is 232 Å². The molecule has 214 valence electrons. The first-order valence-electron chi connectivity index (χ1n) is 15.5. The highest BCUT2D eigenvalue weighted by Gasteiger charge is 2.68. The van der Waals surface area contributed by atoms with Crippen molar-refractivity contribution in [3.63, 3.8) is 0 Å². The van der Waals surface area contributed by atoms with Crippen LogP contribution in [0.25, 0.3) is 0 Å². The molecule has 5 aliphatic rings. The SMILES string of the molecule is CC(=O)OC[C@]12CCC(C)(C)CC1=C1CC[C@@H]3[C@@]4(C)CC[C@H](OC(C)=O)C(C)(C)[C@@H]4CC[C@@]3(C)[C@]1(C)CC2. The molecular weight excluding hydrogens is 472 g/mol. The topological polar surface area (TPSA) is 52.6 Å². The summed E-state index contributed by atoms with van der Waals surface area (Å²) in [5.41, 5.74) is 4.50. The Kier molecular flexibility index (Phi) is 6.56. The van der Waals surface area contributed by atoms with Crippen molar-refractivity contribution in [1.29, 1.82) is 0 Å². The summed E-state index contributed by atoms with van der Waals surface area (Å²) in [5.74, 6) is 0.974. The van der Waals surface area contributed by atoms with E-state index in [-0.39, 0.29) is 45.1 Å². The Balaban J connectivity index is 1.54. The molecule has 7 atom stereocenters. The smallest absolute Gasteiger partial charge is 0.302 e. The molecule has 0 aromatic carbocycles. The Morgan fingerprint density at radius 3 is 2.11 bits per heavy atom. The van der Waals surface area contributed by atoms with Crippen LogP contribution >= 0.6 is 0 Å². The monoisotopic (exact) mass is 526 g/mol. The lowest BCUT2D eigenvalue weighted by Gasteiger charge is -2.71. The van der Waals surface area contributed by atoms with Crippen LogP contribution in [0.15, 0.2) is 11.1 Å². The summed E-state index contributed by atoms with van der Waals surface area (Å²) >= 11 is 0. The normalized spacial score (nSPS) is 45.1. The van der Waals surface area contributed by atoms with E-state index in [1.165, 1.54) is 38.5 Å². The van der Waals surface area contributed by atoms with Crippen LogP contribution in [0.3, 0.4) is 0 Å². The number of ether oxygens (including phenoxy) is 2. The maximum absolute atomic E-state index is 11.9. The molecule has 4 saturated carbocycles. The molecule has 0 spiro atoms. The van der Waals surface area contributed by atoms with E-state index in [4.69, 9.17) is 9.47 Å². The van der Waals surface area contributed by atoms with Crippen LogP contribution in [0.4, 0.5) is 0 Å². The predicted octanol–water partition coefficient (Wildman–Crippen LogP) is 8.43. The molecule has 0 radical (unpaired) electrons. The van der Waals surface area contributed by atoms with Crippen LogP contribution < -0.4 is 0 Å². The summed E-state index contributed by atoms with van der Waals surface area (Å²) in [6, 6.07) is 0. The zero-order valence-corrected chi connectivity index (χ0v) is 25.9. The van der Waals surface area contributed by atoms with Gasteiger partial charge in [-0.3, -0.25) is 9.59 Å². The second kappa shape index (κ2) is 8.84. The van der Waals surface area contributed by atoms with Crippen LogP contribution in [0, 0.1) is 44.3 Å². The Morgan fingerprint density at radius 1 is 0.763 bits per heavy atom. The van der Waals surface area contributed by atoms with Gasteiger partial charge < -0.3 is 9.47 Å². The maximum Gasteiger partial charge on any atom is 0.302 e. The Bertz CT molecular complexity index is 1040. The summed E-state index contributed by atoms with van der Waals surface area (Å²) in [6.45, 7) is 21.2. The van der Waals surface area contributed by atoms with E-state index >= 15 is 0 Å². The van der Waals surface area contributed by atoms with Crippen molar-refractivity contribution < 1.29 is 19.1 Å². The summed E-state index contributed by atoms with van der Waals surface area (Å²) in [5, 5.41) is 0. The summed E-state index contributed by atoms with van der Waals surface area (Å²) in [6.07, 6.45) is 13.0. The van der Waals surface area contributed by atoms with Gasteiger partial charge in [-0.2, -0.15) is 0 Å². The molecule has 5 rings (SSSR count). The van der Waals surface area contributed by atoms with E-state index in [9.17, 15) is 9.59 Å². The number of carbonyl (C=O) groups excluding carboxylic acids is 2. The van der Waals surface area contributed by atoms with Gasteiger partial charge >= 0.3 is 11.9 Å². The minimum atomic E-state index is -0.143. The van der Waals surface area contributed by atoms with Crippen molar-refractivity contribution >= 4 is 11.9 Å². The van der Waals surface area contributed by atoms with Gasteiger partial charge in [0.25, 0.3) is 0 Å². The van der Waals surface area contributed by atoms with Crippen molar-refractivity contribution in [2.75, 3.05) is 6.61 Å². The highest BCUT2D eigenvalue weighted by atomic mass is 16.5. The molecular formula is C34H54O4. The van der Waals surface area contributed by atoms with Gasteiger partial charge in [0.15, 0.2) is 0 Å². The first-order valence-corrected chi connectivity index (χ1v) is 15.5. The average Bonchev–Trinajstić information content (AvgIpc) is 2.80. The van der Waals surface area contributed by atoms with Gasteiger partial charge in [0.05, 0.1) is 0 Å². The van der Waals surface area contributed by atoms with Gasteiger partial charge in [0.1, 0.15) is 12.7 Å². The Hall–Kier alpha value is -1.32. The molecule has 5 aliphatic carbocycles. The molecule has 0 unspecified atom stereocenters. The first kappa shape index (κ1) is 28.2. The Morgan fingerprint density at radius 2 is 1.45 bits per heavy atom. The molecule has 0 saturated heterocycles. The van der Waals surface area contributed by atoms with Gasteiger partial charge in [-0.1, -0.05) is 59.6 Å². The van der Waals surface area contributed by atoms with Crippen LogP contribution in [0.5, 0.6) is 0 Å². The third-order valence-electron chi connectivity index (χ3n) is 13.5. The van der Waals surface area contributed by atoms with Gasteiger partial charge in [-0.25, -0.2) is 0 Å². The third kappa shape index (κ3) is 3.96. The van der Waals surface area contributed by atoms with Crippen molar-refractivity contribution in [3.8, 4) is 0 Å². The summed E-state index contributed by atoms with van der Waals surface area (Å²) < 4.78 is 11.7. The minimum absolute atomic E-state index is 0.00120. The first-order chi connectivity index (χ1) is 17.5. The maximum atomic E-state index is 11.9. The van der Waals surface area contributed by atoms with Crippen molar-refractivity contribution in [1.82, 2.24) is 0 Å².